The van der Waals surface area contributed by atoms with Crippen LogP contribution in [0, 0.1) is 0 Å². The van der Waals surface area contributed by atoms with Crippen LogP contribution in [-0.2, 0) is 20.4 Å². The molecule has 0 bridgehead atoms. The van der Waals surface area contributed by atoms with E-state index in [9.17, 15) is 13.2 Å². The van der Waals surface area contributed by atoms with Crippen molar-refractivity contribution in [1.29, 1.82) is 0 Å². The number of para-hydroxylation sites is 1. The van der Waals surface area contributed by atoms with Crippen molar-refractivity contribution in [2.24, 2.45) is 4.99 Å². The van der Waals surface area contributed by atoms with Gasteiger partial charge < -0.3 is 4.90 Å². The van der Waals surface area contributed by atoms with Crippen LogP contribution in [-0.4, -0.2) is 53.4 Å². The van der Waals surface area contributed by atoms with Crippen LogP contribution >= 0.6 is 23.5 Å². The summed E-state index contributed by atoms with van der Waals surface area (Å²) in [4.78, 5) is 18.8. The van der Waals surface area contributed by atoms with E-state index in [-0.39, 0.29) is 23.5 Å². The molecule has 1 amide bonds. The van der Waals surface area contributed by atoms with Crippen LogP contribution in [0.2, 0.25) is 0 Å². The molecule has 24 heavy (non-hydrogen) atoms. The van der Waals surface area contributed by atoms with Crippen molar-refractivity contribution in [2.75, 3.05) is 23.8 Å². The molecule has 0 aromatic heterocycles. The van der Waals surface area contributed by atoms with E-state index in [1.807, 2.05) is 25.1 Å². The maximum absolute atomic E-state index is 12.5. The topological polar surface area (TPSA) is 66.8 Å². The van der Waals surface area contributed by atoms with Crippen LogP contribution in [0.15, 0.2) is 29.3 Å². The van der Waals surface area contributed by atoms with Crippen molar-refractivity contribution in [1.82, 2.24) is 4.90 Å². The molecule has 3 rings (SSSR count). The Balaban J connectivity index is 1.60. The van der Waals surface area contributed by atoms with Gasteiger partial charge in [-0.2, -0.15) is 0 Å². The fraction of sp³-hybridized carbons (Fsp3) is 0.500. The summed E-state index contributed by atoms with van der Waals surface area (Å²) in [5.74, 6) is 1.45. The highest BCUT2D eigenvalue weighted by atomic mass is 32.2. The Bertz CT molecular complexity index is 762. The molecule has 1 saturated heterocycles. The summed E-state index contributed by atoms with van der Waals surface area (Å²) < 4.78 is 24.2. The van der Waals surface area contributed by atoms with Crippen LogP contribution in [0.25, 0.3) is 0 Å². The summed E-state index contributed by atoms with van der Waals surface area (Å²) in [5, 5.41) is 0. The molecule has 0 saturated carbocycles. The van der Waals surface area contributed by atoms with E-state index in [1.165, 1.54) is 17.3 Å². The first-order valence-corrected chi connectivity index (χ1v) is 11.7. The fourth-order valence-corrected chi connectivity index (χ4v) is 6.63. The molecule has 2 aliphatic rings. The number of nitrogens with zero attached hydrogens (tertiary/aromatic N) is 2. The van der Waals surface area contributed by atoms with Gasteiger partial charge in [0.25, 0.3) is 0 Å². The zero-order valence-electron chi connectivity index (χ0n) is 13.5. The van der Waals surface area contributed by atoms with Gasteiger partial charge in [-0.05, 0) is 25.0 Å². The molecule has 5 nitrogen and oxygen atoms in total. The Kier molecular flexibility index (Phi) is 5.56. The number of carbonyl (C=O) groups excluding carboxylic acids is 1. The smallest absolute Gasteiger partial charge is 0.233 e. The van der Waals surface area contributed by atoms with Gasteiger partial charge in [0.1, 0.15) is 4.38 Å². The maximum Gasteiger partial charge on any atom is 0.233 e. The van der Waals surface area contributed by atoms with Crippen molar-refractivity contribution < 1.29 is 13.2 Å². The van der Waals surface area contributed by atoms with Crippen molar-refractivity contribution >= 4 is 49.3 Å². The van der Waals surface area contributed by atoms with E-state index >= 15 is 0 Å². The third-order valence-electron chi connectivity index (χ3n) is 4.18. The first-order valence-electron chi connectivity index (χ1n) is 7.90. The maximum atomic E-state index is 12.5. The summed E-state index contributed by atoms with van der Waals surface area (Å²) in [6.07, 6.45) is 0.551. The molecular formula is C16H20N2O3S3. The molecule has 0 aliphatic carbocycles. The number of fused-ring (bicyclic) bond motifs is 1. The Morgan fingerprint density at radius 3 is 2.92 bits per heavy atom. The molecule has 130 valence electrons. The van der Waals surface area contributed by atoms with Gasteiger partial charge in [0.2, 0.25) is 5.91 Å². The third-order valence-corrected chi connectivity index (χ3v) is 8.16. The minimum absolute atomic E-state index is 0.00763. The van der Waals surface area contributed by atoms with Gasteiger partial charge in [-0.25, -0.2) is 13.4 Å². The van der Waals surface area contributed by atoms with E-state index < -0.39 is 9.84 Å². The summed E-state index contributed by atoms with van der Waals surface area (Å²) in [5.41, 5.74) is 2.19. The van der Waals surface area contributed by atoms with Gasteiger partial charge in [-0.3, -0.25) is 4.79 Å². The average molecular weight is 385 g/mol. The van der Waals surface area contributed by atoms with E-state index in [0.29, 0.717) is 18.7 Å². The van der Waals surface area contributed by atoms with Gasteiger partial charge in [0.15, 0.2) is 9.84 Å². The SMILES string of the molecule is CCN(C(=O)CSC1=Nc2ccccc2CS1)C1CCS(=O)(=O)C1. The fourth-order valence-electron chi connectivity index (χ4n) is 2.95. The van der Waals surface area contributed by atoms with Gasteiger partial charge in [-0.1, -0.05) is 41.7 Å². The molecule has 1 aromatic rings. The van der Waals surface area contributed by atoms with Gasteiger partial charge in [0, 0.05) is 18.3 Å². The first-order chi connectivity index (χ1) is 11.5. The lowest BCUT2D eigenvalue weighted by Crippen LogP contribution is -2.42. The molecule has 1 unspecified atom stereocenters. The second-order valence-electron chi connectivity index (χ2n) is 5.82. The quantitative estimate of drug-likeness (QED) is 0.798. The van der Waals surface area contributed by atoms with E-state index in [1.54, 1.807) is 16.7 Å². The lowest BCUT2D eigenvalue weighted by atomic mass is 10.2. The Labute approximate surface area is 151 Å². The molecule has 1 aromatic carbocycles. The lowest BCUT2D eigenvalue weighted by Gasteiger charge is -2.27. The minimum Gasteiger partial charge on any atom is -0.338 e. The van der Waals surface area contributed by atoms with Crippen molar-refractivity contribution in [3.8, 4) is 0 Å². The molecule has 2 heterocycles. The Morgan fingerprint density at radius 2 is 2.21 bits per heavy atom. The third kappa shape index (κ3) is 4.15. The van der Waals surface area contributed by atoms with Crippen molar-refractivity contribution in [2.45, 2.75) is 25.1 Å². The number of carbonyl (C=O) groups is 1. The van der Waals surface area contributed by atoms with Gasteiger partial charge in [0.05, 0.1) is 22.9 Å². The highest BCUT2D eigenvalue weighted by Crippen LogP contribution is 2.34. The van der Waals surface area contributed by atoms with Crippen LogP contribution in [0.1, 0.15) is 18.9 Å². The Hall–Kier alpha value is -0.990. The van der Waals surface area contributed by atoms with Crippen LogP contribution in [0.5, 0.6) is 0 Å². The molecule has 2 aliphatic heterocycles. The molecule has 1 atom stereocenters. The summed E-state index contributed by atoms with van der Waals surface area (Å²) in [6, 6.07) is 7.85. The summed E-state index contributed by atoms with van der Waals surface area (Å²) in [6.45, 7) is 2.44. The van der Waals surface area contributed by atoms with Crippen LogP contribution < -0.4 is 0 Å². The van der Waals surface area contributed by atoms with Gasteiger partial charge >= 0.3 is 0 Å². The number of thioether (sulfide) groups is 2. The highest BCUT2D eigenvalue weighted by molar-refractivity contribution is 8.38. The minimum atomic E-state index is -2.98. The average Bonchev–Trinajstić information content (AvgIpc) is 2.93. The lowest BCUT2D eigenvalue weighted by molar-refractivity contribution is -0.129. The van der Waals surface area contributed by atoms with Crippen molar-refractivity contribution in [3.05, 3.63) is 29.8 Å². The van der Waals surface area contributed by atoms with Crippen molar-refractivity contribution in [3.63, 3.8) is 0 Å². The van der Waals surface area contributed by atoms with Crippen LogP contribution in [0.3, 0.4) is 0 Å². The largest absolute Gasteiger partial charge is 0.338 e. The van der Waals surface area contributed by atoms with E-state index in [0.717, 1.165) is 15.8 Å². The zero-order chi connectivity index (χ0) is 17.2. The predicted octanol–water partition coefficient (Wildman–Crippen LogP) is 2.69. The second kappa shape index (κ2) is 7.49. The number of rotatable bonds is 4. The zero-order valence-corrected chi connectivity index (χ0v) is 15.9. The number of amides is 1. The number of aliphatic imine (C=N–C) groups is 1. The standard InChI is InChI=1S/C16H20N2O3S3/c1-2-18(13-7-8-24(20,21)11-13)15(19)10-23-16-17-14-6-4-3-5-12(14)9-22-16/h3-6,13H,2,7-11H2,1H3. The van der Waals surface area contributed by atoms with Crippen LogP contribution in [0.4, 0.5) is 5.69 Å². The monoisotopic (exact) mass is 384 g/mol. The number of benzene rings is 1. The Morgan fingerprint density at radius 1 is 1.42 bits per heavy atom. The second-order valence-corrected chi connectivity index (χ2v) is 10.2. The highest BCUT2D eigenvalue weighted by Gasteiger charge is 2.33. The predicted molar refractivity (Wildman–Crippen MR) is 102 cm³/mol. The van der Waals surface area contributed by atoms with E-state index in [4.69, 9.17) is 0 Å². The molecule has 0 spiro atoms. The van der Waals surface area contributed by atoms with E-state index in [2.05, 4.69) is 11.1 Å². The molecule has 8 heteroatoms. The normalized spacial score (nSPS) is 21.9. The molecule has 0 radical (unpaired) electrons. The van der Waals surface area contributed by atoms with Gasteiger partial charge in [-0.15, -0.1) is 0 Å². The molecule has 0 N–H and O–H groups in total. The summed E-state index contributed by atoms with van der Waals surface area (Å²) in [7, 11) is -2.98. The number of hydrogen-bond donors (Lipinski definition) is 0. The molecular weight excluding hydrogens is 364 g/mol. The summed E-state index contributed by atoms with van der Waals surface area (Å²) >= 11 is 3.09. The molecule has 1 fully saturated rings. The number of hydrogen-bond acceptors (Lipinski definition) is 6. The first kappa shape index (κ1) is 17.8. The number of sulfone groups is 1.